The van der Waals surface area contributed by atoms with E-state index in [1.54, 1.807) is 12.1 Å². The van der Waals surface area contributed by atoms with E-state index in [4.69, 9.17) is 10.2 Å². The quantitative estimate of drug-likeness (QED) is 0.909. The predicted molar refractivity (Wildman–Crippen MR) is 69.4 cm³/mol. The molecule has 5 heteroatoms. The first-order valence-electron chi connectivity index (χ1n) is 6.37. The van der Waals surface area contributed by atoms with Crippen molar-refractivity contribution < 1.29 is 9.21 Å². The van der Waals surface area contributed by atoms with Gasteiger partial charge in [0, 0.05) is 17.5 Å². The Morgan fingerprint density at radius 1 is 1.42 bits per heavy atom. The largest absolute Gasteiger partial charge is 0.421 e. The molecule has 0 radical (unpaired) electrons. The Morgan fingerprint density at radius 2 is 2.21 bits per heavy atom. The van der Waals surface area contributed by atoms with Gasteiger partial charge in [-0.25, -0.2) is 0 Å². The van der Waals surface area contributed by atoms with Crippen molar-refractivity contribution in [2.75, 3.05) is 0 Å². The summed E-state index contributed by atoms with van der Waals surface area (Å²) in [6, 6.07) is 5.33. The summed E-state index contributed by atoms with van der Waals surface area (Å²) in [6.07, 6.45) is 3.34. The first-order chi connectivity index (χ1) is 9.15. The smallest absolute Gasteiger partial charge is 0.248 e. The van der Waals surface area contributed by atoms with E-state index in [1.165, 1.54) is 12.8 Å². The minimum atomic E-state index is -0.447. The summed E-state index contributed by atoms with van der Waals surface area (Å²) in [5.74, 6) is 1.38. The molecule has 1 amide bonds. The molecule has 1 aromatic carbocycles. The van der Waals surface area contributed by atoms with Crippen molar-refractivity contribution in [1.82, 2.24) is 10.2 Å². The van der Waals surface area contributed by atoms with Gasteiger partial charge in [0.15, 0.2) is 0 Å². The highest BCUT2D eigenvalue weighted by Gasteiger charge is 2.24. The molecule has 0 unspecified atom stereocenters. The number of primary amides is 1. The van der Waals surface area contributed by atoms with E-state index in [9.17, 15) is 4.79 Å². The number of rotatable bonds is 4. The summed E-state index contributed by atoms with van der Waals surface area (Å²) in [5, 5.41) is 8.12. The summed E-state index contributed by atoms with van der Waals surface area (Å²) in [5.41, 5.74) is 7.36. The van der Waals surface area contributed by atoms with Gasteiger partial charge in [-0.2, -0.15) is 0 Å². The fourth-order valence-corrected chi connectivity index (χ4v) is 2.15. The van der Waals surface area contributed by atoms with Gasteiger partial charge in [0.2, 0.25) is 17.7 Å². The van der Waals surface area contributed by atoms with Gasteiger partial charge in [-0.05, 0) is 43.4 Å². The van der Waals surface area contributed by atoms with Crippen LogP contribution in [0.25, 0.3) is 11.5 Å². The number of nitrogens with zero attached hydrogens (tertiary/aromatic N) is 2. The molecule has 19 heavy (non-hydrogen) atoms. The molecule has 1 aromatic heterocycles. The molecule has 1 fully saturated rings. The van der Waals surface area contributed by atoms with Crippen LogP contribution in [0.15, 0.2) is 22.6 Å². The van der Waals surface area contributed by atoms with Crippen LogP contribution in [0.4, 0.5) is 0 Å². The van der Waals surface area contributed by atoms with Crippen LogP contribution in [0, 0.1) is 12.8 Å². The van der Waals surface area contributed by atoms with Crippen molar-refractivity contribution in [1.29, 1.82) is 0 Å². The monoisotopic (exact) mass is 257 g/mol. The van der Waals surface area contributed by atoms with Crippen molar-refractivity contribution in [3.05, 3.63) is 35.2 Å². The van der Waals surface area contributed by atoms with Crippen molar-refractivity contribution in [3.63, 3.8) is 0 Å². The van der Waals surface area contributed by atoms with Gasteiger partial charge in [-0.1, -0.05) is 6.07 Å². The van der Waals surface area contributed by atoms with Gasteiger partial charge in [0.1, 0.15) is 0 Å². The minimum Gasteiger partial charge on any atom is -0.421 e. The number of nitrogens with two attached hydrogens (primary N) is 1. The number of amides is 1. The maximum Gasteiger partial charge on any atom is 0.248 e. The molecule has 1 heterocycles. The molecule has 2 N–H and O–H groups in total. The first kappa shape index (κ1) is 11.9. The van der Waals surface area contributed by atoms with Gasteiger partial charge in [0.25, 0.3) is 0 Å². The van der Waals surface area contributed by atoms with E-state index in [0.717, 1.165) is 17.5 Å². The lowest BCUT2D eigenvalue weighted by atomic mass is 10.0. The Morgan fingerprint density at radius 3 is 2.89 bits per heavy atom. The molecule has 1 aliphatic carbocycles. The highest BCUT2D eigenvalue weighted by atomic mass is 16.4. The van der Waals surface area contributed by atoms with Crippen molar-refractivity contribution in [2.45, 2.75) is 26.2 Å². The second-order valence-electron chi connectivity index (χ2n) is 4.99. The molecular weight excluding hydrogens is 242 g/mol. The Labute approximate surface area is 110 Å². The molecule has 0 saturated heterocycles. The highest BCUT2D eigenvalue weighted by molar-refractivity contribution is 5.95. The number of hydrogen-bond acceptors (Lipinski definition) is 4. The van der Waals surface area contributed by atoms with Crippen molar-refractivity contribution in [3.8, 4) is 11.5 Å². The first-order valence-corrected chi connectivity index (χ1v) is 6.37. The lowest BCUT2D eigenvalue weighted by Crippen LogP contribution is -2.12. The number of carbonyl (C=O) groups is 1. The zero-order chi connectivity index (χ0) is 13.4. The normalized spacial score (nSPS) is 14.6. The van der Waals surface area contributed by atoms with E-state index in [0.29, 0.717) is 23.3 Å². The summed E-state index contributed by atoms with van der Waals surface area (Å²) < 4.78 is 5.66. The molecule has 0 bridgehead atoms. The zero-order valence-electron chi connectivity index (χ0n) is 10.7. The molecule has 1 aliphatic rings. The zero-order valence-corrected chi connectivity index (χ0v) is 10.7. The van der Waals surface area contributed by atoms with Crippen LogP contribution in [0.3, 0.4) is 0 Å². The molecule has 0 aliphatic heterocycles. The second-order valence-corrected chi connectivity index (χ2v) is 4.99. The third kappa shape index (κ3) is 2.36. The molecule has 5 nitrogen and oxygen atoms in total. The van der Waals surface area contributed by atoms with E-state index < -0.39 is 5.91 Å². The van der Waals surface area contributed by atoms with Gasteiger partial charge >= 0.3 is 0 Å². The molecule has 1 saturated carbocycles. The Hall–Kier alpha value is -2.17. The SMILES string of the molecule is Cc1c(C(N)=O)cccc1-c1nnc(CC2CC2)o1. The molecule has 2 aromatic rings. The van der Waals surface area contributed by atoms with E-state index >= 15 is 0 Å². The van der Waals surface area contributed by atoms with Gasteiger partial charge in [-0.3, -0.25) is 4.79 Å². The number of benzene rings is 1. The van der Waals surface area contributed by atoms with Crippen LogP contribution in [-0.4, -0.2) is 16.1 Å². The summed E-state index contributed by atoms with van der Waals surface area (Å²) in [4.78, 5) is 11.3. The standard InChI is InChI=1S/C14H15N3O2/c1-8-10(13(15)18)3-2-4-11(8)14-17-16-12(19-14)7-9-5-6-9/h2-4,9H,5-7H2,1H3,(H2,15,18). The summed E-state index contributed by atoms with van der Waals surface area (Å²) >= 11 is 0. The lowest BCUT2D eigenvalue weighted by Gasteiger charge is -2.05. The molecule has 0 atom stereocenters. The van der Waals surface area contributed by atoms with Gasteiger partial charge < -0.3 is 10.2 Å². The third-order valence-electron chi connectivity index (χ3n) is 3.46. The summed E-state index contributed by atoms with van der Waals surface area (Å²) in [6.45, 7) is 1.83. The second kappa shape index (κ2) is 4.50. The molecule has 0 spiro atoms. The van der Waals surface area contributed by atoms with Crippen LogP contribution in [0.2, 0.25) is 0 Å². The number of hydrogen-bond donors (Lipinski definition) is 1. The van der Waals surface area contributed by atoms with Crippen molar-refractivity contribution in [2.24, 2.45) is 11.7 Å². The highest BCUT2D eigenvalue weighted by Crippen LogP contribution is 2.33. The Kier molecular flexibility index (Phi) is 2.81. The van der Waals surface area contributed by atoms with Gasteiger partial charge in [0.05, 0.1) is 0 Å². The van der Waals surface area contributed by atoms with Gasteiger partial charge in [-0.15, -0.1) is 10.2 Å². The number of aromatic nitrogens is 2. The van der Waals surface area contributed by atoms with E-state index in [1.807, 2.05) is 13.0 Å². The van der Waals surface area contributed by atoms with Crippen LogP contribution in [-0.2, 0) is 6.42 Å². The maximum absolute atomic E-state index is 11.3. The van der Waals surface area contributed by atoms with Crippen molar-refractivity contribution >= 4 is 5.91 Å². The molecule has 3 rings (SSSR count). The van der Waals surface area contributed by atoms with Crippen LogP contribution in [0.5, 0.6) is 0 Å². The average Bonchev–Trinajstić information content (AvgIpc) is 3.06. The fourth-order valence-electron chi connectivity index (χ4n) is 2.15. The predicted octanol–water partition coefficient (Wildman–Crippen LogP) is 2.10. The Balaban J connectivity index is 1.94. The Bertz CT molecular complexity index is 629. The third-order valence-corrected chi connectivity index (χ3v) is 3.46. The topological polar surface area (TPSA) is 82.0 Å². The van der Waals surface area contributed by atoms with Crippen LogP contribution < -0.4 is 5.73 Å². The average molecular weight is 257 g/mol. The maximum atomic E-state index is 11.3. The van der Waals surface area contributed by atoms with E-state index in [2.05, 4.69) is 10.2 Å². The molecule has 98 valence electrons. The number of carbonyl (C=O) groups excluding carboxylic acids is 1. The van der Waals surface area contributed by atoms with E-state index in [-0.39, 0.29) is 0 Å². The van der Waals surface area contributed by atoms with Crippen LogP contribution in [0.1, 0.15) is 34.7 Å². The molecular formula is C14H15N3O2. The lowest BCUT2D eigenvalue weighted by molar-refractivity contribution is 0.1000. The minimum absolute atomic E-state index is 0.447. The van der Waals surface area contributed by atoms with Crippen LogP contribution >= 0.6 is 0 Å². The summed E-state index contributed by atoms with van der Waals surface area (Å²) in [7, 11) is 0. The fraction of sp³-hybridized carbons (Fsp3) is 0.357.